The van der Waals surface area contributed by atoms with Crippen molar-refractivity contribution in [1.82, 2.24) is 5.32 Å². The maximum Gasteiger partial charge on any atom is 0.422 e. The second-order valence-corrected chi connectivity index (χ2v) is 5.46. The fourth-order valence-corrected chi connectivity index (χ4v) is 2.15. The zero-order chi connectivity index (χ0) is 19.9. The highest BCUT2D eigenvalue weighted by molar-refractivity contribution is 5.89. The molecule has 0 fully saturated rings. The van der Waals surface area contributed by atoms with E-state index >= 15 is 0 Å². The molecule has 0 atom stereocenters. The van der Waals surface area contributed by atoms with Crippen LogP contribution in [0.15, 0.2) is 42.5 Å². The standard InChI is InChI=1S/C18H19F3N2O4/c1-25-15-6-12(7-16(9-15)26-2)10-22-17(24)23-13-4-3-5-14(8-13)27-11-18(19,20)21/h3-9H,10-11H2,1-2H3,(H2,22,23,24). The minimum atomic E-state index is -4.43. The predicted octanol–water partition coefficient (Wildman–Crippen LogP) is 3.97. The molecule has 2 amide bonds. The highest BCUT2D eigenvalue weighted by Gasteiger charge is 2.28. The van der Waals surface area contributed by atoms with Crippen molar-refractivity contribution in [2.75, 3.05) is 26.1 Å². The van der Waals surface area contributed by atoms with E-state index in [-0.39, 0.29) is 12.3 Å². The van der Waals surface area contributed by atoms with E-state index in [0.717, 1.165) is 5.56 Å². The number of urea groups is 1. The van der Waals surface area contributed by atoms with Gasteiger partial charge in [-0.15, -0.1) is 0 Å². The molecule has 0 aliphatic heterocycles. The van der Waals surface area contributed by atoms with Gasteiger partial charge in [0.25, 0.3) is 0 Å². The van der Waals surface area contributed by atoms with Gasteiger partial charge >= 0.3 is 12.2 Å². The van der Waals surface area contributed by atoms with Crippen molar-refractivity contribution < 1.29 is 32.2 Å². The van der Waals surface area contributed by atoms with E-state index in [9.17, 15) is 18.0 Å². The molecule has 2 aromatic carbocycles. The third-order valence-electron chi connectivity index (χ3n) is 3.36. The van der Waals surface area contributed by atoms with E-state index in [1.807, 2.05) is 0 Å². The number of rotatable bonds is 7. The molecular weight excluding hydrogens is 365 g/mol. The first-order chi connectivity index (χ1) is 12.8. The summed E-state index contributed by atoms with van der Waals surface area (Å²) < 4.78 is 51.6. The number of benzene rings is 2. The molecule has 0 heterocycles. The number of methoxy groups -OCH3 is 2. The van der Waals surface area contributed by atoms with Crippen LogP contribution in [0.1, 0.15) is 5.56 Å². The molecular formula is C18H19F3N2O4. The summed E-state index contributed by atoms with van der Waals surface area (Å²) in [5.74, 6) is 1.17. The molecule has 2 N–H and O–H groups in total. The normalized spacial score (nSPS) is 10.9. The quantitative estimate of drug-likeness (QED) is 0.758. The zero-order valence-corrected chi connectivity index (χ0v) is 14.7. The van der Waals surface area contributed by atoms with Gasteiger partial charge in [0.15, 0.2) is 6.61 Å². The summed E-state index contributed by atoms with van der Waals surface area (Å²) >= 11 is 0. The Hall–Kier alpha value is -3.10. The van der Waals surface area contributed by atoms with Gasteiger partial charge in [0.2, 0.25) is 0 Å². The van der Waals surface area contributed by atoms with Crippen LogP contribution in [0.5, 0.6) is 17.2 Å². The van der Waals surface area contributed by atoms with E-state index < -0.39 is 18.8 Å². The average molecular weight is 384 g/mol. The molecule has 0 radical (unpaired) electrons. The Morgan fingerprint density at radius 2 is 1.67 bits per heavy atom. The fourth-order valence-electron chi connectivity index (χ4n) is 2.15. The molecule has 0 unspecified atom stereocenters. The third-order valence-corrected chi connectivity index (χ3v) is 3.36. The first kappa shape index (κ1) is 20.2. The molecule has 0 spiro atoms. The van der Waals surface area contributed by atoms with Crippen LogP contribution >= 0.6 is 0 Å². The number of carbonyl (C=O) groups excluding carboxylic acids is 1. The SMILES string of the molecule is COc1cc(CNC(=O)Nc2cccc(OCC(F)(F)F)c2)cc(OC)c1. The van der Waals surface area contributed by atoms with Gasteiger partial charge < -0.3 is 24.8 Å². The van der Waals surface area contributed by atoms with Crippen molar-refractivity contribution in [3.63, 3.8) is 0 Å². The number of hydrogen-bond acceptors (Lipinski definition) is 4. The van der Waals surface area contributed by atoms with E-state index in [4.69, 9.17) is 9.47 Å². The van der Waals surface area contributed by atoms with Crippen LogP contribution in [0, 0.1) is 0 Å². The summed E-state index contributed by atoms with van der Waals surface area (Å²) in [6.45, 7) is -1.20. The van der Waals surface area contributed by atoms with Gasteiger partial charge in [0, 0.05) is 24.4 Å². The summed E-state index contributed by atoms with van der Waals surface area (Å²) in [5.41, 5.74) is 1.05. The molecule has 0 aliphatic carbocycles. The first-order valence-electron chi connectivity index (χ1n) is 7.85. The number of carbonyl (C=O) groups is 1. The van der Waals surface area contributed by atoms with Gasteiger partial charge in [-0.1, -0.05) is 6.07 Å². The minimum Gasteiger partial charge on any atom is -0.497 e. The zero-order valence-electron chi connectivity index (χ0n) is 14.7. The molecule has 146 valence electrons. The maximum atomic E-state index is 12.2. The summed E-state index contributed by atoms with van der Waals surface area (Å²) in [5, 5.41) is 5.18. The molecule has 6 nitrogen and oxygen atoms in total. The van der Waals surface area contributed by atoms with Gasteiger partial charge in [0.05, 0.1) is 14.2 Å². The van der Waals surface area contributed by atoms with Gasteiger partial charge in [-0.3, -0.25) is 0 Å². The van der Waals surface area contributed by atoms with Crippen molar-refractivity contribution >= 4 is 11.7 Å². The molecule has 0 bridgehead atoms. The lowest BCUT2D eigenvalue weighted by Crippen LogP contribution is -2.28. The average Bonchev–Trinajstić information content (AvgIpc) is 2.64. The minimum absolute atomic E-state index is 0.00246. The predicted molar refractivity (Wildman–Crippen MR) is 93.4 cm³/mol. The summed E-state index contributed by atoms with van der Waals surface area (Å²) in [4.78, 5) is 12.0. The number of ether oxygens (including phenoxy) is 3. The monoisotopic (exact) mass is 384 g/mol. The van der Waals surface area contributed by atoms with Gasteiger partial charge in [-0.05, 0) is 29.8 Å². The van der Waals surface area contributed by atoms with Crippen molar-refractivity contribution in [3.05, 3.63) is 48.0 Å². The van der Waals surface area contributed by atoms with E-state index in [0.29, 0.717) is 17.2 Å². The summed E-state index contributed by atoms with van der Waals surface area (Å²) in [6, 6.07) is 10.4. The summed E-state index contributed by atoms with van der Waals surface area (Å²) in [6.07, 6.45) is -4.43. The lowest BCUT2D eigenvalue weighted by molar-refractivity contribution is -0.153. The lowest BCUT2D eigenvalue weighted by Gasteiger charge is -2.12. The molecule has 0 aromatic heterocycles. The Morgan fingerprint density at radius 1 is 1.00 bits per heavy atom. The number of hydrogen-bond donors (Lipinski definition) is 2. The van der Waals surface area contributed by atoms with Gasteiger partial charge in [-0.2, -0.15) is 13.2 Å². The van der Waals surface area contributed by atoms with Crippen molar-refractivity contribution in [3.8, 4) is 17.2 Å². The van der Waals surface area contributed by atoms with E-state index in [1.165, 1.54) is 38.5 Å². The van der Waals surface area contributed by atoms with Crippen LogP contribution in [-0.2, 0) is 6.54 Å². The number of halogens is 3. The lowest BCUT2D eigenvalue weighted by atomic mass is 10.2. The Labute approximate surface area is 154 Å². The molecule has 2 aromatic rings. The van der Waals surface area contributed by atoms with Crippen LogP contribution in [-0.4, -0.2) is 33.0 Å². The Kier molecular flexibility index (Phi) is 6.75. The smallest absolute Gasteiger partial charge is 0.422 e. The number of anilines is 1. The largest absolute Gasteiger partial charge is 0.497 e. The van der Waals surface area contributed by atoms with Crippen molar-refractivity contribution in [2.45, 2.75) is 12.7 Å². The van der Waals surface area contributed by atoms with E-state index in [2.05, 4.69) is 15.4 Å². The van der Waals surface area contributed by atoms with Gasteiger partial charge in [-0.25, -0.2) is 4.79 Å². The second kappa shape index (κ2) is 9.02. The Bertz CT molecular complexity index is 759. The van der Waals surface area contributed by atoms with Crippen LogP contribution in [0.25, 0.3) is 0 Å². The Balaban J connectivity index is 1.92. The van der Waals surface area contributed by atoms with Crippen LogP contribution in [0.4, 0.5) is 23.7 Å². The van der Waals surface area contributed by atoms with Gasteiger partial charge in [0.1, 0.15) is 17.2 Å². The maximum absolute atomic E-state index is 12.2. The number of alkyl halides is 3. The summed E-state index contributed by atoms with van der Waals surface area (Å²) in [7, 11) is 3.04. The first-order valence-corrected chi connectivity index (χ1v) is 7.85. The number of amides is 2. The van der Waals surface area contributed by atoms with Crippen molar-refractivity contribution in [1.29, 1.82) is 0 Å². The molecule has 2 rings (SSSR count). The van der Waals surface area contributed by atoms with E-state index in [1.54, 1.807) is 18.2 Å². The molecule has 0 aliphatic rings. The highest BCUT2D eigenvalue weighted by atomic mass is 19.4. The topological polar surface area (TPSA) is 68.8 Å². The van der Waals surface area contributed by atoms with Crippen LogP contribution in [0.3, 0.4) is 0 Å². The number of nitrogens with one attached hydrogen (secondary N) is 2. The Morgan fingerprint density at radius 3 is 2.26 bits per heavy atom. The highest BCUT2D eigenvalue weighted by Crippen LogP contribution is 2.23. The molecule has 0 saturated carbocycles. The molecule has 9 heteroatoms. The van der Waals surface area contributed by atoms with Crippen molar-refractivity contribution in [2.24, 2.45) is 0 Å². The van der Waals surface area contributed by atoms with Crippen LogP contribution in [0.2, 0.25) is 0 Å². The van der Waals surface area contributed by atoms with Crippen LogP contribution < -0.4 is 24.8 Å². The third kappa shape index (κ3) is 6.96. The fraction of sp³-hybridized carbons (Fsp3) is 0.278. The molecule has 0 saturated heterocycles. The second-order valence-electron chi connectivity index (χ2n) is 5.46. The molecule has 27 heavy (non-hydrogen) atoms.